The number of aryl methyl sites for hydroxylation is 3. The Morgan fingerprint density at radius 2 is 1.85 bits per heavy atom. The van der Waals surface area contributed by atoms with Gasteiger partial charge in [-0.05, 0) is 62.6 Å². The molecule has 0 unspecified atom stereocenters. The van der Waals surface area contributed by atoms with E-state index < -0.39 is 0 Å². The van der Waals surface area contributed by atoms with Crippen LogP contribution in [-0.4, -0.2) is 21.4 Å². The molecule has 2 aromatic carbocycles. The molecule has 1 atom stereocenters. The van der Waals surface area contributed by atoms with Crippen LogP contribution in [0.15, 0.2) is 46.8 Å². The lowest BCUT2D eigenvalue weighted by Crippen LogP contribution is -2.22. The molecule has 140 valence electrons. The van der Waals surface area contributed by atoms with Gasteiger partial charge in [0, 0.05) is 11.4 Å². The number of thioether (sulfide) groups is 1. The van der Waals surface area contributed by atoms with Gasteiger partial charge in [0.25, 0.3) is 0 Å². The Labute approximate surface area is 167 Å². The summed E-state index contributed by atoms with van der Waals surface area (Å²) in [6.45, 7) is 7.92. The normalized spacial score (nSPS) is 11.9. The van der Waals surface area contributed by atoms with Crippen LogP contribution in [0.1, 0.15) is 23.6 Å². The topological polar surface area (TPSA) is 66.9 Å². The average molecular weight is 399 g/mol. The summed E-state index contributed by atoms with van der Waals surface area (Å²) < 4.78 is 0.758. The van der Waals surface area contributed by atoms with Crippen molar-refractivity contribution in [1.82, 2.24) is 10.2 Å². The number of carbonyl (C=O) groups is 1. The number of anilines is 3. The fraction of sp³-hybridized carbons (Fsp3) is 0.250. The largest absolute Gasteiger partial charge is 0.330 e. The van der Waals surface area contributed by atoms with E-state index in [1.807, 2.05) is 64.1 Å². The van der Waals surface area contributed by atoms with Gasteiger partial charge >= 0.3 is 0 Å². The number of amides is 1. The van der Waals surface area contributed by atoms with Crippen LogP contribution in [0.5, 0.6) is 0 Å². The van der Waals surface area contributed by atoms with E-state index in [2.05, 4.69) is 26.9 Å². The first-order valence-corrected chi connectivity index (χ1v) is 10.3. The fourth-order valence-electron chi connectivity index (χ4n) is 2.46. The Balaban J connectivity index is 1.60. The van der Waals surface area contributed by atoms with Crippen LogP contribution in [0.3, 0.4) is 0 Å². The maximum absolute atomic E-state index is 12.5. The molecule has 0 fully saturated rings. The molecule has 0 aliphatic heterocycles. The number of carbonyl (C=O) groups excluding carboxylic acids is 1. The van der Waals surface area contributed by atoms with Crippen molar-refractivity contribution in [2.24, 2.45) is 0 Å². The summed E-state index contributed by atoms with van der Waals surface area (Å²) in [5.74, 6) is -0.0444. The molecular formula is C20H22N4OS2. The van der Waals surface area contributed by atoms with Gasteiger partial charge in [0.15, 0.2) is 4.34 Å². The molecule has 0 saturated heterocycles. The Hall–Kier alpha value is -2.38. The molecule has 2 N–H and O–H groups in total. The lowest BCUT2D eigenvalue weighted by atomic mass is 10.1. The lowest BCUT2D eigenvalue weighted by molar-refractivity contribution is -0.115. The molecule has 1 heterocycles. The van der Waals surface area contributed by atoms with E-state index >= 15 is 0 Å². The van der Waals surface area contributed by atoms with Gasteiger partial charge in [0.2, 0.25) is 11.0 Å². The van der Waals surface area contributed by atoms with Crippen LogP contribution in [0.2, 0.25) is 0 Å². The molecule has 0 aliphatic rings. The predicted octanol–water partition coefficient (Wildman–Crippen LogP) is 5.33. The van der Waals surface area contributed by atoms with Crippen LogP contribution < -0.4 is 10.6 Å². The van der Waals surface area contributed by atoms with E-state index in [0.717, 1.165) is 26.8 Å². The first-order chi connectivity index (χ1) is 12.9. The number of aromatic nitrogens is 2. The molecule has 1 aromatic heterocycles. The maximum Gasteiger partial charge on any atom is 0.237 e. The highest BCUT2D eigenvalue weighted by molar-refractivity contribution is 8.02. The third kappa shape index (κ3) is 5.30. The predicted molar refractivity (Wildman–Crippen MR) is 114 cm³/mol. The van der Waals surface area contributed by atoms with Crippen LogP contribution in [0.25, 0.3) is 0 Å². The number of hydrogen-bond acceptors (Lipinski definition) is 6. The summed E-state index contributed by atoms with van der Waals surface area (Å²) >= 11 is 2.85. The van der Waals surface area contributed by atoms with Crippen LogP contribution in [0.4, 0.5) is 16.5 Å². The van der Waals surface area contributed by atoms with Crippen molar-refractivity contribution in [1.29, 1.82) is 0 Å². The second-order valence-corrected chi connectivity index (χ2v) is 9.00. The van der Waals surface area contributed by atoms with Gasteiger partial charge in [0.1, 0.15) is 0 Å². The number of nitrogens with zero attached hydrogens (tertiary/aromatic N) is 2. The molecule has 1 amide bonds. The minimum atomic E-state index is -0.273. The number of benzene rings is 2. The Bertz CT molecular complexity index is 955. The SMILES string of the molecule is Cc1cccc(Nc2nnc(S[C@@H](C)C(=O)Nc3cc(C)ccc3C)s2)c1. The lowest BCUT2D eigenvalue weighted by Gasteiger charge is -2.12. The third-order valence-electron chi connectivity index (χ3n) is 3.97. The summed E-state index contributed by atoms with van der Waals surface area (Å²) in [5.41, 5.74) is 5.17. The van der Waals surface area contributed by atoms with Gasteiger partial charge in [-0.15, -0.1) is 10.2 Å². The third-order valence-corrected chi connectivity index (χ3v) is 6.00. The Morgan fingerprint density at radius 3 is 2.63 bits per heavy atom. The number of rotatable bonds is 6. The molecule has 0 saturated carbocycles. The monoisotopic (exact) mass is 398 g/mol. The molecule has 0 radical (unpaired) electrons. The van der Waals surface area contributed by atoms with E-state index in [9.17, 15) is 4.79 Å². The summed E-state index contributed by atoms with van der Waals surface area (Å²) in [6.07, 6.45) is 0. The first-order valence-electron chi connectivity index (χ1n) is 8.62. The van der Waals surface area contributed by atoms with E-state index in [0.29, 0.717) is 5.13 Å². The molecule has 0 bridgehead atoms. The summed E-state index contributed by atoms with van der Waals surface area (Å²) in [7, 11) is 0. The Morgan fingerprint density at radius 1 is 1.07 bits per heavy atom. The van der Waals surface area contributed by atoms with Crippen molar-refractivity contribution in [3.8, 4) is 0 Å². The van der Waals surface area contributed by atoms with Gasteiger partial charge in [0.05, 0.1) is 5.25 Å². The minimum Gasteiger partial charge on any atom is -0.330 e. The smallest absolute Gasteiger partial charge is 0.237 e. The molecule has 0 spiro atoms. The fourth-order valence-corrected chi connectivity index (χ4v) is 4.38. The number of nitrogens with one attached hydrogen (secondary N) is 2. The highest BCUT2D eigenvalue weighted by Crippen LogP contribution is 2.31. The second-order valence-electron chi connectivity index (χ2n) is 6.44. The van der Waals surface area contributed by atoms with Crippen LogP contribution in [-0.2, 0) is 4.79 Å². The molecule has 3 rings (SSSR count). The van der Waals surface area contributed by atoms with E-state index in [1.165, 1.54) is 28.7 Å². The maximum atomic E-state index is 12.5. The second kappa shape index (κ2) is 8.54. The highest BCUT2D eigenvalue weighted by atomic mass is 32.2. The van der Waals surface area contributed by atoms with Crippen LogP contribution in [0, 0.1) is 20.8 Å². The van der Waals surface area contributed by atoms with Gasteiger partial charge in [-0.3, -0.25) is 4.79 Å². The van der Waals surface area contributed by atoms with E-state index in [-0.39, 0.29) is 11.2 Å². The number of hydrogen-bond donors (Lipinski definition) is 2. The summed E-state index contributed by atoms with van der Waals surface area (Å²) in [4.78, 5) is 12.5. The van der Waals surface area contributed by atoms with Gasteiger partial charge in [-0.25, -0.2) is 0 Å². The van der Waals surface area contributed by atoms with Crippen molar-refractivity contribution in [3.63, 3.8) is 0 Å². The van der Waals surface area contributed by atoms with Crippen LogP contribution >= 0.6 is 23.1 Å². The molecule has 27 heavy (non-hydrogen) atoms. The molecule has 3 aromatic rings. The van der Waals surface area contributed by atoms with Crippen molar-refractivity contribution < 1.29 is 4.79 Å². The van der Waals surface area contributed by atoms with Crippen molar-refractivity contribution in [2.45, 2.75) is 37.3 Å². The molecule has 0 aliphatic carbocycles. The minimum absolute atomic E-state index is 0.0444. The molecule has 5 nitrogen and oxygen atoms in total. The highest BCUT2D eigenvalue weighted by Gasteiger charge is 2.18. The first kappa shape index (κ1) is 19.4. The molecular weight excluding hydrogens is 376 g/mol. The average Bonchev–Trinajstić information content (AvgIpc) is 3.05. The van der Waals surface area contributed by atoms with Crippen molar-refractivity contribution in [2.75, 3.05) is 10.6 Å². The summed E-state index contributed by atoms with van der Waals surface area (Å²) in [6, 6.07) is 14.1. The zero-order valence-corrected chi connectivity index (χ0v) is 17.4. The van der Waals surface area contributed by atoms with Gasteiger partial charge < -0.3 is 10.6 Å². The zero-order chi connectivity index (χ0) is 19.4. The zero-order valence-electron chi connectivity index (χ0n) is 15.7. The summed E-state index contributed by atoms with van der Waals surface area (Å²) in [5, 5.41) is 15.0. The quantitative estimate of drug-likeness (QED) is 0.550. The van der Waals surface area contributed by atoms with Crippen molar-refractivity contribution in [3.05, 3.63) is 59.2 Å². The van der Waals surface area contributed by atoms with E-state index in [4.69, 9.17) is 0 Å². The van der Waals surface area contributed by atoms with E-state index in [1.54, 1.807) is 0 Å². The van der Waals surface area contributed by atoms with Crippen molar-refractivity contribution >= 4 is 45.5 Å². The Kier molecular flexibility index (Phi) is 6.13. The molecule has 7 heteroatoms. The standard InChI is InChI=1S/C20H22N4OS2/c1-12-6-5-7-16(10-12)21-19-23-24-20(27-19)26-15(4)18(25)22-17-11-13(2)8-9-14(17)3/h5-11,15H,1-4H3,(H,21,23)(H,22,25)/t15-/m0/s1. The van der Waals surface area contributed by atoms with Gasteiger partial charge in [-0.2, -0.15) is 0 Å². The van der Waals surface area contributed by atoms with Gasteiger partial charge in [-0.1, -0.05) is 47.4 Å².